The SMILES string of the molecule is C=CCNS(=O)(=O)c1cc(C(=O)NC(CNC(=O)C2(CC=C)CCCN(C(=O)OC(C)(C)C)CC2)C2CC2)ccc1F. The molecule has 1 heterocycles. The van der Waals surface area contributed by atoms with Crippen LogP contribution in [0.1, 0.15) is 69.7 Å². The molecular formula is C30H43FN4O6S. The number of amides is 3. The molecule has 1 aromatic rings. The van der Waals surface area contributed by atoms with Crippen LogP contribution in [0.4, 0.5) is 9.18 Å². The van der Waals surface area contributed by atoms with E-state index >= 15 is 0 Å². The van der Waals surface area contributed by atoms with E-state index in [2.05, 4.69) is 28.5 Å². The van der Waals surface area contributed by atoms with Crippen LogP contribution in [0.25, 0.3) is 0 Å². The van der Waals surface area contributed by atoms with Crippen LogP contribution < -0.4 is 15.4 Å². The number of hydrogen-bond donors (Lipinski definition) is 3. The Labute approximate surface area is 248 Å². The van der Waals surface area contributed by atoms with Gasteiger partial charge in [-0.3, -0.25) is 9.59 Å². The molecule has 232 valence electrons. The Morgan fingerprint density at radius 1 is 1.17 bits per heavy atom. The second-order valence-corrected chi connectivity index (χ2v) is 13.7. The number of hydrogen-bond acceptors (Lipinski definition) is 6. The summed E-state index contributed by atoms with van der Waals surface area (Å²) in [6.07, 6.45) is 6.46. The minimum Gasteiger partial charge on any atom is -0.444 e. The van der Waals surface area contributed by atoms with Gasteiger partial charge in [-0.2, -0.15) is 0 Å². The van der Waals surface area contributed by atoms with Gasteiger partial charge in [-0.05, 0) is 83.4 Å². The van der Waals surface area contributed by atoms with Crippen LogP contribution in [0.3, 0.4) is 0 Å². The van der Waals surface area contributed by atoms with E-state index in [0.29, 0.717) is 38.8 Å². The monoisotopic (exact) mass is 606 g/mol. The number of carbonyl (C=O) groups excluding carboxylic acids is 3. The van der Waals surface area contributed by atoms with Crippen molar-refractivity contribution in [3.8, 4) is 0 Å². The second kappa shape index (κ2) is 13.8. The number of allylic oxidation sites excluding steroid dienone is 1. The minimum absolute atomic E-state index is 0.0125. The molecule has 0 aromatic heterocycles. The maximum atomic E-state index is 14.4. The highest BCUT2D eigenvalue weighted by Crippen LogP contribution is 2.37. The number of benzene rings is 1. The molecule has 2 atom stereocenters. The largest absolute Gasteiger partial charge is 0.444 e. The zero-order valence-electron chi connectivity index (χ0n) is 24.7. The summed E-state index contributed by atoms with van der Waals surface area (Å²) < 4.78 is 47.0. The van der Waals surface area contributed by atoms with Crippen LogP contribution in [0.5, 0.6) is 0 Å². The zero-order valence-corrected chi connectivity index (χ0v) is 25.5. The number of nitrogens with zero attached hydrogens (tertiary/aromatic N) is 1. The van der Waals surface area contributed by atoms with E-state index in [1.165, 1.54) is 12.1 Å². The van der Waals surface area contributed by atoms with Crippen molar-refractivity contribution < 1.29 is 31.9 Å². The average Bonchev–Trinajstić information content (AvgIpc) is 3.77. The van der Waals surface area contributed by atoms with Gasteiger partial charge < -0.3 is 20.3 Å². The Bertz CT molecular complexity index is 1290. The molecule has 2 fully saturated rings. The number of likely N-dealkylation sites (tertiary alicyclic amines) is 1. The van der Waals surface area contributed by atoms with Gasteiger partial charge >= 0.3 is 6.09 Å². The lowest BCUT2D eigenvalue weighted by Crippen LogP contribution is -2.49. The lowest BCUT2D eigenvalue weighted by atomic mass is 9.76. The van der Waals surface area contributed by atoms with E-state index in [0.717, 1.165) is 25.0 Å². The van der Waals surface area contributed by atoms with Crippen molar-refractivity contribution in [2.45, 2.75) is 75.8 Å². The summed E-state index contributed by atoms with van der Waals surface area (Å²) in [6, 6.07) is 2.77. The van der Waals surface area contributed by atoms with Gasteiger partial charge in [0.1, 0.15) is 16.3 Å². The van der Waals surface area contributed by atoms with E-state index in [9.17, 15) is 27.2 Å². The second-order valence-electron chi connectivity index (χ2n) is 12.0. The molecule has 0 radical (unpaired) electrons. The molecule has 2 unspecified atom stereocenters. The van der Waals surface area contributed by atoms with Crippen LogP contribution >= 0.6 is 0 Å². The van der Waals surface area contributed by atoms with Gasteiger partial charge in [0.05, 0.1) is 5.41 Å². The van der Waals surface area contributed by atoms with Crippen molar-refractivity contribution in [1.29, 1.82) is 0 Å². The van der Waals surface area contributed by atoms with Gasteiger partial charge in [0, 0.05) is 37.8 Å². The molecule has 1 aliphatic heterocycles. The van der Waals surface area contributed by atoms with Gasteiger partial charge in [0.2, 0.25) is 15.9 Å². The lowest BCUT2D eigenvalue weighted by molar-refractivity contribution is -0.131. The van der Waals surface area contributed by atoms with Crippen molar-refractivity contribution >= 4 is 27.9 Å². The molecule has 1 saturated heterocycles. The maximum Gasteiger partial charge on any atom is 0.410 e. The maximum absolute atomic E-state index is 14.4. The fourth-order valence-corrected chi connectivity index (χ4v) is 6.18. The lowest BCUT2D eigenvalue weighted by Gasteiger charge is -2.32. The predicted octanol–water partition coefficient (Wildman–Crippen LogP) is 3.90. The van der Waals surface area contributed by atoms with E-state index in [1.54, 1.807) is 11.0 Å². The van der Waals surface area contributed by atoms with Gasteiger partial charge in [-0.15, -0.1) is 13.2 Å². The Kier molecular flexibility index (Phi) is 10.9. The van der Waals surface area contributed by atoms with Crippen LogP contribution in [0.2, 0.25) is 0 Å². The molecule has 3 amide bonds. The van der Waals surface area contributed by atoms with Gasteiger partial charge in [0.15, 0.2) is 0 Å². The summed E-state index contributed by atoms with van der Waals surface area (Å²) in [5.41, 5.74) is -1.38. The van der Waals surface area contributed by atoms with Crippen molar-refractivity contribution in [3.05, 3.63) is 54.9 Å². The standard InChI is InChI=1S/C30H43FN4O6S/c1-6-13-30(14-8-17-35(18-15-30)28(38)41-29(3,4)5)27(37)32-20-24(21-9-10-21)34-26(36)22-11-12-23(31)25(19-22)42(39,40)33-16-7-2/h6-7,11-12,19,21,24,33H,1-2,8-10,13-18,20H2,3-5H3,(H,32,37)(H,34,36). The van der Waals surface area contributed by atoms with E-state index in [-0.39, 0.29) is 30.5 Å². The minimum atomic E-state index is -4.18. The van der Waals surface area contributed by atoms with Crippen molar-refractivity contribution in [1.82, 2.24) is 20.3 Å². The molecule has 10 nitrogen and oxygen atoms in total. The Morgan fingerprint density at radius 2 is 1.88 bits per heavy atom. The fraction of sp³-hybridized carbons (Fsp3) is 0.567. The van der Waals surface area contributed by atoms with Gasteiger partial charge in [0.25, 0.3) is 5.91 Å². The molecular weight excluding hydrogens is 563 g/mol. The van der Waals surface area contributed by atoms with Crippen LogP contribution in [0.15, 0.2) is 48.4 Å². The topological polar surface area (TPSA) is 134 Å². The molecule has 3 N–H and O–H groups in total. The number of nitrogens with one attached hydrogen (secondary N) is 3. The smallest absolute Gasteiger partial charge is 0.410 e. The first kappa shape index (κ1) is 33.3. The summed E-state index contributed by atoms with van der Waals surface area (Å²) >= 11 is 0. The Morgan fingerprint density at radius 3 is 2.50 bits per heavy atom. The van der Waals surface area contributed by atoms with Crippen molar-refractivity contribution in [3.63, 3.8) is 0 Å². The summed E-state index contributed by atoms with van der Waals surface area (Å²) in [4.78, 5) is 40.4. The summed E-state index contributed by atoms with van der Waals surface area (Å²) in [6.45, 7) is 13.7. The van der Waals surface area contributed by atoms with Gasteiger partial charge in [-0.25, -0.2) is 22.3 Å². The fourth-order valence-electron chi connectivity index (χ4n) is 5.08. The Hall–Kier alpha value is -3.25. The highest BCUT2D eigenvalue weighted by molar-refractivity contribution is 7.89. The number of sulfonamides is 1. The first-order valence-electron chi connectivity index (χ1n) is 14.3. The molecule has 0 bridgehead atoms. The number of rotatable bonds is 12. The van der Waals surface area contributed by atoms with Crippen LogP contribution in [0, 0.1) is 17.2 Å². The first-order chi connectivity index (χ1) is 19.7. The third kappa shape index (κ3) is 8.87. The van der Waals surface area contributed by atoms with E-state index in [1.807, 2.05) is 20.8 Å². The van der Waals surface area contributed by atoms with Crippen LogP contribution in [-0.4, -0.2) is 69.0 Å². The summed E-state index contributed by atoms with van der Waals surface area (Å²) in [7, 11) is -4.18. The highest BCUT2D eigenvalue weighted by Gasteiger charge is 2.41. The summed E-state index contributed by atoms with van der Waals surface area (Å²) in [5, 5.41) is 5.92. The van der Waals surface area contributed by atoms with E-state index in [4.69, 9.17) is 4.74 Å². The molecule has 3 rings (SSSR count). The Balaban J connectivity index is 1.68. The molecule has 0 spiro atoms. The molecule has 1 saturated carbocycles. The van der Waals surface area contributed by atoms with E-state index < -0.39 is 49.8 Å². The third-order valence-corrected chi connectivity index (χ3v) is 8.94. The van der Waals surface area contributed by atoms with Gasteiger partial charge in [-0.1, -0.05) is 12.2 Å². The number of halogens is 1. The van der Waals surface area contributed by atoms with Crippen LogP contribution in [-0.2, 0) is 19.6 Å². The highest BCUT2D eigenvalue weighted by atomic mass is 32.2. The normalized spacial score (nSPS) is 20.1. The molecule has 1 aromatic carbocycles. The van der Waals surface area contributed by atoms with Crippen molar-refractivity contribution in [2.75, 3.05) is 26.2 Å². The average molecular weight is 607 g/mol. The molecule has 1 aliphatic carbocycles. The molecule has 2 aliphatic rings. The summed E-state index contributed by atoms with van der Waals surface area (Å²) in [5.74, 6) is -1.56. The third-order valence-electron chi connectivity index (χ3n) is 7.50. The number of ether oxygens (including phenoxy) is 1. The number of carbonyl (C=O) groups is 3. The zero-order chi connectivity index (χ0) is 31.1. The van der Waals surface area contributed by atoms with Crippen molar-refractivity contribution in [2.24, 2.45) is 11.3 Å². The quantitative estimate of drug-likeness (QED) is 0.309. The first-order valence-corrected chi connectivity index (χ1v) is 15.8. The molecule has 12 heteroatoms. The predicted molar refractivity (Wildman–Crippen MR) is 158 cm³/mol. The molecule has 42 heavy (non-hydrogen) atoms.